The Kier molecular flexibility index (Phi) is 3.28. The van der Waals surface area contributed by atoms with Crippen LogP contribution >= 0.6 is 0 Å². The number of aryl methyl sites for hydroxylation is 2. The fourth-order valence-electron chi connectivity index (χ4n) is 2.83. The van der Waals surface area contributed by atoms with Crippen LogP contribution in [0.15, 0.2) is 6.07 Å². The number of rotatable bonds is 2. The smallest absolute Gasteiger partial charge is 0.255 e. The summed E-state index contributed by atoms with van der Waals surface area (Å²) in [7, 11) is 0. The minimum Gasteiger partial charge on any atom is -0.362 e. The van der Waals surface area contributed by atoms with Crippen LogP contribution in [0.25, 0.3) is 0 Å². The van der Waals surface area contributed by atoms with E-state index in [2.05, 4.69) is 4.98 Å². The number of aromatic amines is 1. The zero-order chi connectivity index (χ0) is 14.3. The third-order valence-corrected chi connectivity index (χ3v) is 4.19. The van der Waals surface area contributed by atoms with Crippen LogP contribution in [0, 0.1) is 19.8 Å². The van der Waals surface area contributed by atoms with E-state index >= 15 is 0 Å². The molecule has 5 heteroatoms. The van der Waals surface area contributed by atoms with E-state index in [-0.39, 0.29) is 17.7 Å². The van der Waals surface area contributed by atoms with Gasteiger partial charge in [-0.25, -0.2) is 0 Å². The van der Waals surface area contributed by atoms with Gasteiger partial charge in [0.15, 0.2) is 0 Å². The summed E-state index contributed by atoms with van der Waals surface area (Å²) >= 11 is 0. The molecule has 1 aromatic rings. The van der Waals surface area contributed by atoms with Gasteiger partial charge in [-0.3, -0.25) is 9.59 Å². The lowest BCUT2D eigenvalue weighted by Gasteiger charge is -2.35. The Bertz CT molecular complexity index is 537. The van der Waals surface area contributed by atoms with E-state index in [0.29, 0.717) is 26.2 Å². The number of amides is 2. The van der Waals surface area contributed by atoms with Crippen LogP contribution in [0.1, 0.15) is 34.6 Å². The van der Waals surface area contributed by atoms with Crippen molar-refractivity contribution in [3.8, 4) is 0 Å². The van der Waals surface area contributed by atoms with Crippen molar-refractivity contribution in [2.75, 3.05) is 26.2 Å². The zero-order valence-corrected chi connectivity index (χ0v) is 12.1. The molecule has 1 saturated carbocycles. The minimum atomic E-state index is 0.0744. The number of carbonyl (C=O) groups excluding carboxylic acids is 2. The third kappa shape index (κ3) is 2.44. The van der Waals surface area contributed by atoms with Gasteiger partial charge in [-0.1, -0.05) is 0 Å². The molecular formula is C15H21N3O2. The molecular weight excluding hydrogens is 254 g/mol. The molecule has 0 unspecified atom stereocenters. The van der Waals surface area contributed by atoms with Crippen molar-refractivity contribution in [3.05, 3.63) is 23.0 Å². The molecule has 1 aliphatic heterocycles. The lowest BCUT2D eigenvalue weighted by molar-refractivity contribution is -0.134. The number of carbonyl (C=O) groups is 2. The summed E-state index contributed by atoms with van der Waals surface area (Å²) in [6.45, 7) is 6.50. The Balaban J connectivity index is 1.61. The lowest BCUT2D eigenvalue weighted by atomic mass is 10.2. The number of nitrogens with one attached hydrogen (secondary N) is 1. The fourth-order valence-corrected chi connectivity index (χ4v) is 2.83. The van der Waals surface area contributed by atoms with E-state index in [1.165, 1.54) is 0 Å². The molecule has 2 aliphatic rings. The Morgan fingerprint density at radius 3 is 2.20 bits per heavy atom. The van der Waals surface area contributed by atoms with Crippen molar-refractivity contribution >= 4 is 11.8 Å². The van der Waals surface area contributed by atoms with Crippen molar-refractivity contribution in [1.29, 1.82) is 0 Å². The van der Waals surface area contributed by atoms with E-state index in [0.717, 1.165) is 29.8 Å². The number of nitrogens with zero attached hydrogens (tertiary/aromatic N) is 2. The summed E-state index contributed by atoms with van der Waals surface area (Å²) in [6, 6.07) is 1.90. The highest BCUT2D eigenvalue weighted by Gasteiger charge is 2.35. The van der Waals surface area contributed by atoms with Gasteiger partial charge >= 0.3 is 0 Å². The van der Waals surface area contributed by atoms with Gasteiger partial charge in [-0.05, 0) is 32.8 Å². The summed E-state index contributed by atoms with van der Waals surface area (Å²) in [5.74, 6) is 0.628. The quantitative estimate of drug-likeness (QED) is 0.885. The maximum atomic E-state index is 12.5. The number of aromatic nitrogens is 1. The van der Waals surface area contributed by atoms with E-state index in [1.54, 1.807) is 0 Å². The highest BCUT2D eigenvalue weighted by atomic mass is 16.2. The molecule has 1 N–H and O–H groups in total. The lowest BCUT2D eigenvalue weighted by Crippen LogP contribution is -2.51. The number of hydrogen-bond donors (Lipinski definition) is 1. The summed E-state index contributed by atoms with van der Waals surface area (Å²) in [6.07, 6.45) is 2.08. The summed E-state index contributed by atoms with van der Waals surface area (Å²) < 4.78 is 0. The number of piperazine rings is 1. The largest absolute Gasteiger partial charge is 0.362 e. The maximum absolute atomic E-state index is 12.5. The normalized spacial score (nSPS) is 19.3. The first-order chi connectivity index (χ1) is 9.56. The van der Waals surface area contributed by atoms with E-state index in [9.17, 15) is 9.59 Å². The molecule has 2 fully saturated rings. The Hall–Kier alpha value is -1.78. The molecule has 2 amide bonds. The Morgan fingerprint density at radius 2 is 1.70 bits per heavy atom. The van der Waals surface area contributed by atoms with Gasteiger partial charge in [-0.15, -0.1) is 0 Å². The van der Waals surface area contributed by atoms with Crippen LogP contribution in [0.4, 0.5) is 0 Å². The highest BCUT2D eigenvalue weighted by molar-refractivity contribution is 5.95. The third-order valence-electron chi connectivity index (χ3n) is 4.19. The second-order valence-electron chi connectivity index (χ2n) is 5.88. The SMILES string of the molecule is Cc1cc(C(=O)N2CCN(C(=O)C3CC3)CC2)c(C)[nH]1. The molecule has 0 spiro atoms. The monoisotopic (exact) mass is 275 g/mol. The first kappa shape index (κ1) is 13.2. The van der Waals surface area contributed by atoms with Gasteiger partial charge in [0.25, 0.3) is 5.91 Å². The molecule has 1 aliphatic carbocycles. The molecule has 2 heterocycles. The molecule has 20 heavy (non-hydrogen) atoms. The van der Waals surface area contributed by atoms with Crippen LogP contribution in [0.3, 0.4) is 0 Å². The van der Waals surface area contributed by atoms with Crippen molar-refractivity contribution in [2.45, 2.75) is 26.7 Å². The average Bonchev–Trinajstić information content (AvgIpc) is 3.23. The summed E-state index contributed by atoms with van der Waals surface area (Å²) in [4.78, 5) is 31.4. The van der Waals surface area contributed by atoms with Gasteiger partial charge in [-0.2, -0.15) is 0 Å². The van der Waals surface area contributed by atoms with E-state index in [1.807, 2.05) is 29.7 Å². The van der Waals surface area contributed by atoms with Gasteiger partial charge in [0, 0.05) is 43.5 Å². The molecule has 5 nitrogen and oxygen atoms in total. The van der Waals surface area contributed by atoms with Crippen molar-refractivity contribution in [3.63, 3.8) is 0 Å². The Morgan fingerprint density at radius 1 is 1.10 bits per heavy atom. The Labute approximate surface area is 118 Å². The number of hydrogen-bond acceptors (Lipinski definition) is 2. The van der Waals surface area contributed by atoms with Gasteiger partial charge in [0.2, 0.25) is 5.91 Å². The molecule has 1 saturated heterocycles. The van der Waals surface area contributed by atoms with Crippen molar-refractivity contribution < 1.29 is 9.59 Å². The highest BCUT2D eigenvalue weighted by Crippen LogP contribution is 2.31. The molecule has 1 aromatic heterocycles. The van der Waals surface area contributed by atoms with Crippen LogP contribution < -0.4 is 0 Å². The van der Waals surface area contributed by atoms with Crippen LogP contribution in [-0.2, 0) is 4.79 Å². The van der Waals surface area contributed by atoms with Crippen LogP contribution in [0.2, 0.25) is 0 Å². The summed E-state index contributed by atoms with van der Waals surface area (Å²) in [5.41, 5.74) is 2.68. The van der Waals surface area contributed by atoms with Gasteiger partial charge in [0.1, 0.15) is 0 Å². The van der Waals surface area contributed by atoms with Crippen LogP contribution in [0.5, 0.6) is 0 Å². The first-order valence-electron chi connectivity index (χ1n) is 7.30. The number of H-pyrrole nitrogens is 1. The summed E-state index contributed by atoms with van der Waals surface area (Å²) in [5, 5.41) is 0. The molecule has 0 radical (unpaired) electrons. The van der Waals surface area contributed by atoms with Crippen LogP contribution in [-0.4, -0.2) is 52.8 Å². The second kappa shape index (κ2) is 4.96. The molecule has 0 atom stereocenters. The molecule has 3 rings (SSSR count). The fraction of sp³-hybridized carbons (Fsp3) is 0.600. The van der Waals surface area contributed by atoms with Gasteiger partial charge in [0.05, 0.1) is 5.56 Å². The molecule has 0 bridgehead atoms. The standard InChI is InChI=1S/C15H21N3O2/c1-10-9-13(11(2)16-10)15(20)18-7-5-17(6-8-18)14(19)12-3-4-12/h9,12,16H,3-8H2,1-2H3. The first-order valence-corrected chi connectivity index (χ1v) is 7.30. The molecule has 0 aromatic carbocycles. The van der Waals surface area contributed by atoms with Crippen molar-refractivity contribution in [2.24, 2.45) is 5.92 Å². The van der Waals surface area contributed by atoms with Gasteiger partial charge < -0.3 is 14.8 Å². The molecule has 108 valence electrons. The predicted molar refractivity (Wildman–Crippen MR) is 75.5 cm³/mol. The average molecular weight is 275 g/mol. The second-order valence-corrected chi connectivity index (χ2v) is 5.88. The van der Waals surface area contributed by atoms with E-state index < -0.39 is 0 Å². The van der Waals surface area contributed by atoms with E-state index in [4.69, 9.17) is 0 Å². The van der Waals surface area contributed by atoms with Crippen molar-refractivity contribution in [1.82, 2.24) is 14.8 Å². The zero-order valence-electron chi connectivity index (χ0n) is 12.1. The predicted octanol–water partition coefficient (Wildman–Crippen LogP) is 1.33. The minimum absolute atomic E-state index is 0.0744. The maximum Gasteiger partial charge on any atom is 0.255 e. The topological polar surface area (TPSA) is 56.4 Å².